The van der Waals surface area contributed by atoms with E-state index < -0.39 is 27.0 Å². The third-order valence-electron chi connectivity index (χ3n) is 1.67. The smallest absolute Gasteiger partial charge is 0.318 e. The Bertz CT molecular complexity index is 445. The lowest BCUT2D eigenvalue weighted by atomic mass is 10.2. The second-order valence-electron chi connectivity index (χ2n) is 2.63. The van der Waals surface area contributed by atoms with Crippen molar-refractivity contribution in [2.45, 2.75) is 0 Å². The topological polar surface area (TPSA) is 95.5 Å². The maximum Gasteiger partial charge on any atom is 0.318 e. The van der Waals surface area contributed by atoms with Gasteiger partial charge in [-0.1, -0.05) is 5.92 Å². The summed E-state index contributed by atoms with van der Waals surface area (Å²) in [7, 11) is 0. The fourth-order valence-corrected chi connectivity index (χ4v) is 1.06. The molecular formula is C9H6N2O5. The SMILES string of the molecule is C#CCOc1c([N+](=O)[O-])cccc1[N+](=O)[O-]. The minimum absolute atomic E-state index is 0.272. The van der Waals surface area contributed by atoms with Gasteiger partial charge < -0.3 is 4.74 Å². The zero-order chi connectivity index (χ0) is 12.1. The molecule has 0 spiro atoms. The second-order valence-corrected chi connectivity index (χ2v) is 2.63. The predicted octanol–water partition coefficient (Wildman–Crippen LogP) is 1.51. The highest BCUT2D eigenvalue weighted by molar-refractivity contribution is 5.59. The first-order valence-electron chi connectivity index (χ1n) is 4.06. The number of ether oxygens (including phenoxy) is 1. The average Bonchev–Trinajstić information content (AvgIpc) is 2.25. The van der Waals surface area contributed by atoms with Gasteiger partial charge in [-0.3, -0.25) is 20.2 Å². The predicted molar refractivity (Wildman–Crippen MR) is 54.1 cm³/mol. The Balaban J connectivity index is 3.30. The third kappa shape index (κ3) is 2.24. The van der Waals surface area contributed by atoms with Crippen LogP contribution in [0, 0.1) is 32.6 Å². The van der Waals surface area contributed by atoms with Crippen molar-refractivity contribution in [1.29, 1.82) is 0 Å². The van der Waals surface area contributed by atoms with Crippen LogP contribution < -0.4 is 4.74 Å². The Kier molecular flexibility index (Phi) is 3.40. The normalized spacial score (nSPS) is 9.19. The van der Waals surface area contributed by atoms with Gasteiger partial charge in [-0.2, -0.15) is 0 Å². The van der Waals surface area contributed by atoms with E-state index >= 15 is 0 Å². The molecule has 16 heavy (non-hydrogen) atoms. The number of nitro groups is 2. The fraction of sp³-hybridized carbons (Fsp3) is 0.111. The highest BCUT2D eigenvalue weighted by Crippen LogP contribution is 2.36. The van der Waals surface area contributed by atoms with Crippen molar-refractivity contribution in [3.05, 3.63) is 38.4 Å². The van der Waals surface area contributed by atoms with Crippen LogP contribution in [0.5, 0.6) is 5.75 Å². The van der Waals surface area contributed by atoms with E-state index in [0.29, 0.717) is 0 Å². The van der Waals surface area contributed by atoms with Crippen LogP contribution in [0.1, 0.15) is 0 Å². The highest BCUT2D eigenvalue weighted by Gasteiger charge is 2.25. The molecule has 0 aromatic heterocycles. The Labute approximate surface area is 89.9 Å². The summed E-state index contributed by atoms with van der Waals surface area (Å²) in [6, 6.07) is 3.43. The largest absolute Gasteiger partial charge is 0.469 e. The van der Waals surface area contributed by atoms with Crippen molar-refractivity contribution in [3.63, 3.8) is 0 Å². The molecule has 1 aromatic rings. The lowest BCUT2D eigenvalue weighted by molar-refractivity contribution is -0.396. The van der Waals surface area contributed by atoms with Gasteiger partial charge in [-0.05, 0) is 6.07 Å². The Hall–Kier alpha value is -2.62. The Morgan fingerprint density at radius 2 is 1.75 bits per heavy atom. The maximum absolute atomic E-state index is 10.6. The summed E-state index contributed by atoms with van der Waals surface area (Å²) < 4.78 is 4.82. The highest BCUT2D eigenvalue weighted by atomic mass is 16.6. The van der Waals surface area contributed by atoms with E-state index in [-0.39, 0.29) is 6.61 Å². The molecule has 82 valence electrons. The molecule has 0 saturated carbocycles. The minimum atomic E-state index is -0.765. The number of nitro benzene ring substituents is 2. The number of benzene rings is 1. The number of hydrogen-bond donors (Lipinski definition) is 0. The summed E-state index contributed by atoms with van der Waals surface area (Å²) in [4.78, 5) is 19.7. The van der Waals surface area contributed by atoms with Crippen LogP contribution in [0.25, 0.3) is 0 Å². The molecule has 0 aliphatic rings. The van der Waals surface area contributed by atoms with Gasteiger partial charge in [0.2, 0.25) is 0 Å². The van der Waals surface area contributed by atoms with Crippen molar-refractivity contribution in [2.24, 2.45) is 0 Å². The molecule has 0 fully saturated rings. The van der Waals surface area contributed by atoms with Gasteiger partial charge >= 0.3 is 11.4 Å². The summed E-state index contributed by atoms with van der Waals surface area (Å²) in [5, 5.41) is 21.2. The van der Waals surface area contributed by atoms with Gasteiger partial charge in [0.25, 0.3) is 5.75 Å². The first-order chi connectivity index (χ1) is 7.57. The van der Waals surface area contributed by atoms with Crippen molar-refractivity contribution < 1.29 is 14.6 Å². The molecule has 7 heteroatoms. The zero-order valence-electron chi connectivity index (χ0n) is 7.95. The van der Waals surface area contributed by atoms with E-state index in [1.807, 2.05) is 0 Å². The van der Waals surface area contributed by atoms with Crippen LogP contribution in [-0.2, 0) is 0 Å². The number of rotatable bonds is 4. The van der Waals surface area contributed by atoms with Crippen LogP contribution in [0.15, 0.2) is 18.2 Å². The van der Waals surface area contributed by atoms with Crippen molar-refractivity contribution in [2.75, 3.05) is 6.61 Å². The maximum atomic E-state index is 10.6. The molecule has 1 rings (SSSR count). The molecule has 0 aliphatic heterocycles. The van der Waals surface area contributed by atoms with E-state index in [2.05, 4.69) is 5.92 Å². The molecule has 7 nitrogen and oxygen atoms in total. The van der Waals surface area contributed by atoms with Crippen molar-refractivity contribution in [3.8, 4) is 18.1 Å². The molecule has 1 aromatic carbocycles. The zero-order valence-corrected chi connectivity index (χ0v) is 7.95. The molecule has 0 unspecified atom stereocenters. The van der Waals surface area contributed by atoms with Crippen LogP contribution in [-0.4, -0.2) is 16.5 Å². The molecule has 0 aliphatic carbocycles. The van der Waals surface area contributed by atoms with Gasteiger partial charge in [0, 0.05) is 12.1 Å². The average molecular weight is 222 g/mol. The van der Waals surface area contributed by atoms with E-state index in [1.165, 1.54) is 6.07 Å². The second kappa shape index (κ2) is 4.75. The first-order valence-corrected chi connectivity index (χ1v) is 4.06. The summed E-state index contributed by atoms with van der Waals surface area (Å²) in [6.07, 6.45) is 4.91. The van der Waals surface area contributed by atoms with Gasteiger partial charge in [0.05, 0.1) is 9.85 Å². The molecule has 0 radical (unpaired) electrons. The number of nitrogens with zero attached hydrogens (tertiary/aromatic N) is 2. The van der Waals surface area contributed by atoms with Gasteiger partial charge in [0.1, 0.15) is 6.61 Å². The van der Waals surface area contributed by atoms with Gasteiger partial charge in [-0.25, -0.2) is 0 Å². The third-order valence-corrected chi connectivity index (χ3v) is 1.67. The lowest BCUT2D eigenvalue weighted by Gasteiger charge is -2.03. The van der Waals surface area contributed by atoms with E-state index in [0.717, 1.165) is 12.1 Å². The van der Waals surface area contributed by atoms with E-state index in [4.69, 9.17) is 11.2 Å². The van der Waals surface area contributed by atoms with E-state index in [1.54, 1.807) is 0 Å². The molecule has 0 saturated heterocycles. The summed E-state index contributed by atoms with van der Waals surface area (Å²) in [5.74, 6) is 1.66. The van der Waals surface area contributed by atoms with Gasteiger partial charge in [-0.15, -0.1) is 6.42 Å². The molecule has 0 heterocycles. The first kappa shape index (κ1) is 11.5. The number of para-hydroxylation sites is 1. The fourth-order valence-electron chi connectivity index (χ4n) is 1.06. The van der Waals surface area contributed by atoms with E-state index in [9.17, 15) is 20.2 Å². The quantitative estimate of drug-likeness (QED) is 0.437. The van der Waals surface area contributed by atoms with Crippen LogP contribution in [0.2, 0.25) is 0 Å². The molecule has 0 bridgehead atoms. The molecule has 0 atom stereocenters. The Morgan fingerprint density at radius 3 is 2.12 bits per heavy atom. The number of terminal acetylenes is 1. The molecular weight excluding hydrogens is 216 g/mol. The van der Waals surface area contributed by atoms with Crippen molar-refractivity contribution in [1.82, 2.24) is 0 Å². The van der Waals surface area contributed by atoms with Crippen LogP contribution >= 0.6 is 0 Å². The summed E-state index contributed by atoms with van der Waals surface area (Å²) >= 11 is 0. The van der Waals surface area contributed by atoms with Crippen LogP contribution in [0.3, 0.4) is 0 Å². The molecule has 0 amide bonds. The minimum Gasteiger partial charge on any atom is -0.469 e. The summed E-state index contributed by atoms with van der Waals surface area (Å²) in [5.41, 5.74) is -0.964. The number of hydrogen-bond acceptors (Lipinski definition) is 5. The molecule has 0 N–H and O–H groups in total. The monoisotopic (exact) mass is 222 g/mol. The lowest BCUT2D eigenvalue weighted by Crippen LogP contribution is -2.02. The van der Waals surface area contributed by atoms with Crippen LogP contribution in [0.4, 0.5) is 11.4 Å². The van der Waals surface area contributed by atoms with Crippen molar-refractivity contribution >= 4 is 11.4 Å². The standard InChI is InChI=1S/C9H6N2O5/c1-2-6-16-9-7(10(12)13)4-3-5-8(9)11(14)15/h1,3-5H,6H2. The Morgan fingerprint density at radius 1 is 1.25 bits per heavy atom. The summed E-state index contributed by atoms with van der Waals surface area (Å²) in [6.45, 7) is -0.272. The van der Waals surface area contributed by atoms with Gasteiger partial charge in [0.15, 0.2) is 0 Å².